The summed E-state index contributed by atoms with van der Waals surface area (Å²) in [4.78, 5) is 15.3. The van der Waals surface area contributed by atoms with Crippen LogP contribution < -0.4 is 5.32 Å². The summed E-state index contributed by atoms with van der Waals surface area (Å²) in [5.74, 6) is -0.124. The maximum absolute atomic E-state index is 12.1. The number of hydrogen-bond donors (Lipinski definition) is 2. The van der Waals surface area contributed by atoms with Crippen molar-refractivity contribution in [3.8, 4) is 0 Å². The molecule has 112 valence electrons. The molecule has 22 heavy (non-hydrogen) atoms. The summed E-state index contributed by atoms with van der Waals surface area (Å²) in [6.07, 6.45) is 0.655. The first-order chi connectivity index (χ1) is 10.6. The number of halogens is 2. The molecular weight excluding hydrogens is 319 g/mol. The minimum Gasteiger partial charge on any atom is -0.351 e. The lowest BCUT2D eigenvalue weighted by atomic mass is 10.1. The normalized spacial score (nSPS) is 10.8. The molecule has 0 radical (unpaired) electrons. The van der Waals surface area contributed by atoms with E-state index in [1.807, 2.05) is 36.4 Å². The summed E-state index contributed by atoms with van der Waals surface area (Å²) >= 11 is 12.0. The largest absolute Gasteiger partial charge is 0.351 e. The van der Waals surface area contributed by atoms with Crippen molar-refractivity contribution in [2.75, 3.05) is 6.54 Å². The summed E-state index contributed by atoms with van der Waals surface area (Å²) in [6.45, 7) is 0.509. The average Bonchev–Trinajstić information content (AvgIpc) is 2.93. The molecule has 2 N–H and O–H groups in total. The van der Waals surface area contributed by atoms with E-state index in [0.717, 1.165) is 16.5 Å². The highest BCUT2D eigenvalue weighted by molar-refractivity contribution is 6.35. The number of H-pyrrole nitrogens is 1. The number of aromatic nitrogens is 1. The van der Waals surface area contributed by atoms with E-state index in [1.54, 1.807) is 12.1 Å². The van der Waals surface area contributed by atoms with Gasteiger partial charge in [0.15, 0.2) is 0 Å². The van der Waals surface area contributed by atoms with Crippen LogP contribution >= 0.6 is 23.2 Å². The van der Waals surface area contributed by atoms with Crippen LogP contribution in [0.5, 0.6) is 0 Å². The van der Waals surface area contributed by atoms with Crippen LogP contribution in [-0.2, 0) is 6.42 Å². The molecule has 0 aliphatic carbocycles. The van der Waals surface area contributed by atoms with Gasteiger partial charge in [0.25, 0.3) is 5.91 Å². The number of carbonyl (C=O) groups is 1. The van der Waals surface area contributed by atoms with E-state index < -0.39 is 0 Å². The first-order valence-electron chi connectivity index (χ1n) is 6.93. The van der Waals surface area contributed by atoms with E-state index in [4.69, 9.17) is 23.2 Å². The zero-order chi connectivity index (χ0) is 15.5. The van der Waals surface area contributed by atoms with E-state index in [9.17, 15) is 4.79 Å². The van der Waals surface area contributed by atoms with E-state index in [-0.39, 0.29) is 5.91 Å². The van der Waals surface area contributed by atoms with E-state index in [1.165, 1.54) is 0 Å². The number of para-hydroxylation sites is 1. The number of fused-ring (bicyclic) bond motifs is 1. The molecule has 0 spiro atoms. The van der Waals surface area contributed by atoms with Crippen LogP contribution in [0.2, 0.25) is 10.0 Å². The van der Waals surface area contributed by atoms with Gasteiger partial charge in [-0.3, -0.25) is 4.79 Å². The molecule has 0 unspecified atom stereocenters. The van der Waals surface area contributed by atoms with Gasteiger partial charge in [-0.05, 0) is 36.2 Å². The molecule has 1 heterocycles. The van der Waals surface area contributed by atoms with Crippen LogP contribution in [-0.4, -0.2) is 17.4 Å². The maximum Gasteiger partial charge on any atom is 0.267 e. The van der Waals surface area contributed by atoms with Gasteiger partial charge in [-0.25, -0.2) is 0 Å². The van der Waals surface area contributed by atoms with Crippen LogP contribution in [0.15, 0.2) is 48.5 Å². The Morgan fingerprint density at radius 1 is 1.09 bits per heavy atom. The quantitative estimate of drug-likeness (QED) is 0.728. The Hall–Kier alpha value is -1.97. The second-order valence-corrected chi connectivity index (χ2v) is 5.86. The number of benzene rings is 2. The van der Waals surface area contributed by atoms with Gasteiger partial charge in [-0.1, -0.05) is 47.5 Å². The predicted molar refractivity (Wildman–Crippen MR) is 90.8 cm³/mol. The molecule has 5 heteroatoms. The number of nitrogens with one attached hydrogen (secondary N) is 2. The maximum atomic E-state index is 12.1. The monoisotopic (exact) mass is 332 g/mol. The Kier molecular flexibility index (Phi) is 4.36. The third kappa shape index (κ3) is 3.26. The second-order valence-electron chi connectivity index (χ2n) is 5.01. The van der Waals surface area contributed by atoms with Crippen molar-refractivity contribution in [1.82, 2.24) is 10.3 Å². The van der Waals surface area contributed by atoms with E-state index in [0.29, 0.717) is 28.7 Å². The molecule has 1 amide bonds. The molecule has 0 atom stereocenters. The van der Waals surface area contributed by atoms with Crippen molar-refractivity contribution in [3.05, 3.63) is 69.8 Å². The molecular formula is C17H14Cl2N2O. The fourth-order valence-electron chi connectivity index (χ4n) is 2.33. The minimum absolute atomic E-state index is 0.124. The summed E-state index contributed by atoms with van der Waals surface area (Å²) in [5, 5.41) is 5.14. The molecule has 0 bridgehead atoms. The van der Waals surface area contributed by atoms with Crippen molar-refractivity contribution < 1.29 is 4.79 Å². The lowest BCUT2D eigenvalue weighted by Gasteiger charge is -2.06. The van der Waals surface area contributed by atoms with Gasteiger partial charge in [0.05, 0.1) is 0 Å². The van der Waals surface area contributed by atoms with Crippen molar-refractivity contribution in [2.45, 2.75) is 6.42 Å². The summed E-state index contributed by atoms with van der Waals surface area (Å²) in [5.41, 5.74) is 2.47. The molecule has 0 aliphatic heterocycles. The van der Waals surface area contributed by atoms with Crippen molar-refractivity contribution in [2.24, 2.45) is 0 Å². The Labute approximate surface area is 138 Å². The summed E-state index contributed by atoms with van der Waals surface area (Å²) < 4.78 is 0. The zero-order valence-electron chi connectivity index (χ0n) is 11.7. The van der Waals surface area contributed by atoms with Gasteiger partial charge in [0.1, 0.15) is 5.69 Å². The minimum atomic E-state index is -0.124. The average molecular weight is 333 g/mol. The molecule has 3 aromatic rings. The number of hydrogen-bond acceptors (Lipinski definition) is 1. The fraction of sp³-hybridized carbons (Fsp3) is 0.118. The lowest BCUT2D eigenvalue weighted by molar-refractivity contribution is 0.0950. The standard InChI is InChI=1S/C17H14Cl2N2O/c18-13-6-5-11(14(19)10-13)7-8-20-17(22)16-9-12-3-1-2-4-15(12)21-16/h1-6,9-10,21H,7-8H2,(H,20,22). The molecule has 1 aromatic heterocycles. The third-order valence-electron chi connectivity index (χ3n) is 3.47. The Morgan fingerprint density at radius 2 is 1.91 bits per heavy atom. The molecule has 3 nitrogen and oxygen atoms in total. The van der Waals surface area contributed by atoms with Gasteiger partial charge in [0, 0.05) is 27.5 Å². The number of amides is 1. The summed E-state index contributed by atoms with van der Waals surface area (Å²) in [7, 11) is 0. The first-order valence-corrected chi connectivity index (χ1v) is 7.69. The number of rotatable bonds is 4. The molecule has 0 saturated heterocycles. The predicted octanol–water partition coefficient (Wildman–Crippen LogP) is 4.45. The smallest absolute Gasteiger partial charge is 0.267 e. The highest BCUT2D eigenvalue weighted by atomic mass is 35.5. The Bertz CT molecular complexity index is 793. The van der Waals surface area contributed by atoms with E-state index >= 15 is 0 Å². The van der Waals surface area contributed by atoms with Crippen LogP contribution in [0.1, 0.15) is 16.1 Å². The van der Waals surface area contributed by atoms with Gasteiger partial charge in [0.2, 0.25) is 0 Å². The Morgan fingerprint density at radius 3 is 2.68 bits per heavy atom. The van der Waals surface area contributed by atoms with Crippen LogP contribution in [0.4, 0.5) is 0 Å². The third-order valence-corrected chi connectivity index (χ3v) is 4.06. The van der Waals surface area contributed by atoms with Gasteiger partial charge in [-0.2, -0.15) is 0 Å². The molecule has 0 aliphatic rings. The topological polar surface area (TPSA) is 44.9 Å². The molecule has 0 fully saturated rings. The van der Waals surface area contributed by atoms with Gasteiger partial charge in [-0.15, -0.1) is 0 Å². The van der Waals surface area contributed by atoms with Crippen LogP contribution in [0.25, 0.3) is 10.9 Å². The van der Waals surface area contributed by atoms with Crippen molar-refractivity contribution in [1.29, 1.82) is 0 Å². The van der Waals surface area contributed by atoms with Crippen molar-refractivity contribution >= 4 is 40.0 Å². The molecule has 2 aromatic carbocycles. The second kappa shape index (κ2) is 6.42. The van der Waals surface area contributed by atoms with Gasteiger partial charge < -0.3 is 10.3 Å². The van der Waals surface area contributed by atoms with E-state index in [2.05, 4.69) is 10.3 Å². The summed E-state index contributed by atoms with van der Waals surface area (Å²) in [6, 6.07) is 15.0. The van der Waals surface area contributed by atoms with Crippen LogP contribution in [0.3, 0.4) is 0 Å². The molecule has 0 saturated carbocycles. The van der Waals surface area contributed by atoms with Crippen LogP contribution in [0, 0.1) is 0 Å². The Balaban J connectivity index is 1.62. The highest BCUT2D eigenvalue weighted by Gasteiger charge is 2.09. The zero-order valence-corrected chi connectivity index (χ0v) is 13.2. The molecule has 3 rings (SSSR count). The lowest BCUT2D eigenvalue weighted by Crippen LogP contribution is -2.26. The van der Waals surface area contributed by atoms with Crippen molar-refractivity contribution in [3.63, 3.8) is 0 Å². The highest BCUT2D eigenvalue weighted by Crippen LogP contribution is 2.21. The first kappa shape index (κ1) is 14.9. The number of aromatic amines is 1. The SMILES string of the molecule is O=C(NCCc1ccc(Cl)cc1Cl)c1cc2ccccc2[nH]1. The van der Waals surface area contributed by atoms with Gasteiger partial charge >= 0.3 is 0 Å². The fourth-order valence-corrected chi connectivity index (χ4v) is 2.83. The number of carbonyl (C=O) groups excluding carboxylic acids is 1.